The van der Waals surface area contributed by atoms with Crippen LogP contribution in [0.25, 0.3) is 0 Å². The Bertz CT molecular complexity index is 1280. The molecule has 4 rings (SSSR count). The van der Waals surface area contributed by atoms with Gasteiger partial charge in [-0.1, -0.05) is 5.16 Å². The second-order valence-corrected chi connectivity index (χ2v) is 12.0. The van der Waals surface area contributed by atoms with Gasteiger partial charge in [0.05, 0.1) is 5.41 Å². The Labute approximate surface area is 236 Å². The minimum Gasteiger partial charge on any atom is -0.445 e. The van der Waals surface area contributed by atoms with Gasteiger partial charge in [-0.3, -0.25) is 19.3 Å². The number of amides is 3. The van der Waals surface area contributed by atoms with E-state index in [0.717, 1.165) is 22.7 Å². The fourth-order valence-corrected chi connectivity index (χ4v) is 5.64. The van der Waals surface area contributed by atoms with Crippen molar-refractivity contribution in [2.45, 2.75) is 38.6 Å². The van der Waals surface area contributed by atoms with Gasteiger partial charge < -0.3 is 35.4 Å². The van der Waals surface area contributed by atoms with Crippen molar-refractivity contribution >= 4 is 63.8 Å². The number of thiazole rings is 1. The molecule has 0 aromatic carbocycles. The fraction of sp³-hybridized carbons (Fsp3) is 0.522. The van der Waals surface area contributed by atoms with Crippen LogP contribution in [0.4, 0.5) is 9.93 Å². The van der Waals surface area contributed by atoms with E-state index < -0.39 is 59.2 Å². The second-order valence-electron chi connectivity index (χ2n) is 9.96. The highest BCUT2D eigenvalue weighted by molar-refractivity contribution is 8.00. The standard InChI is InChI=1S/C23H28N6O9S2/c1-23(2,3)20(33)38-10-37-19(32)15-11(7-36-22(34)28-5-4-6-28)8-39-18-14(17(31)29(15)18)26-16(30)13(27-35)12-9-40-21(24)25-12/h9,14,18,35H,4-8,10H2,1-3H3,(H2,24,25)(H,26,30)/b27-13-/t14?,18-/m0/s1. The Morgan fingerprint density at radius 2 is 1.95 bits per heavy atom. The van der Waals surface area contributed by atoms with Gasteiger partial charge in [0.15, 0.2) is 10.8 Å². The van der Waals surface area contributed by atoms with Gasteiger partial charge in [-0.05, 0) is 27.2 Å². The number of nitrogens with zero attached hydrogens (tertiary/aromatic N) is 4. The average Bonchev–Trinajstić information content (AvgIpc) is 3.29. The normalized spacial score (nSPS) is 20.7. The molecule has 2 fully saturated rings. The molecule has 1 aromatic rings. The van der Waals surface area contributed by atoms with Crippen LogP contribution in [0.2, 0.25) is 0 Å². The van der Waals surface area contributed by atoms with Crippen molar-refractivity contribution in [2.75, 3.05) is 38.0 Å². The van der Waals surface area contributed by atoms with Crippen LogP contribution in [0.15, 0.2) is 21.8 Å². The van der Waals surface area contributed by atoms with Gasteiger partial charge in [-0.2, -0.15) is 0 Å². The lowest BCUT2D eigenvalue weighted by Gasteiger charge is -2.49. The zero-order chi connectivity index (χ0) is 29.2. The number of hydrogen-bond donors (Lipinski definition) is 3. The number of esters is 2. The van der Waals surface area contributed by atoms with Crippen LogP contribution in [-0.2, 0) is 33.4 Å². The Hall–Kier alpha value is -3.86. The van der Waals surface area contributed by atoms with Gasteiger partial charge in [-0.25, -0.2) is 14.6 Å². The van der Waals surface area contributed by atoms with Crippen molar-refractivity contribution in [2.24, 2.45) is 10.6 Å². The van der Waals surface area contributed by atoms with Crippen molar-refractivity contribution in [3.05, 3.63) is 22.3 Å². The molecule has 3 aliphatic heterocycles. The van der Waals surface area contributed by atoms with Gasteiger partial charge in [-0.15, -0.1) is 23.1 Å². The molecule has 2 atom stereocenters. The van der Waals surface area contributed by atoms with Crippen LogP contribution in [0.3, 0.4) is 0 Å². The van der Waals surface area contributed by atoms with Crippen molar-refractivity contribution < 1.29 is 43.4 Å². The lowest BCUT2D eigenvalue weighted by molar-refractivity contribution is -0.173. The number of thioether (sulfide) groups is 1. The summed E-state index contributed by atoms with van der Waals surface area (Å²) < 4.78 is 15.5. The number of oxime groups is 1. The van der Waals surface area contributed by atoms with Crippen molar-refractivity contribution in [3.63, 3.8) is 0 Å². The molecule has 0 radical (unpaired) electrons. The number of aromatic nitrogens is 1. The summed E-state index contributed by atoms with van der Waals surface area (Å²) in [6.45, 7) is 5.09. The predicted molar refractivity (Wildman–Crippen MR) is 141 cm³/mol. The Morgan fingerprint density at radius 3 is 2.52 bits per heavy atom. The lowest BCUT2D eigenvalue weighted by atomic mass is 9.98. The number of nitrogens with one attached hydrogen (secondary N) is 1. The highest BCUT2D eigenvalue weighted by Gasteiger charge is 2.55. The summed E-state index contributed by atoms with van der Waals surface area (Å²) in [5.41, 5.74) is 4.51. The topological polar surface area (TPSA) is 203 Å². The number of β-lactam (4-membered cyclic amide) rings is 1. The van der Waals surface area contributed by atoms with Gasteiger partial charge in [0.2, 0.25) is 6.79 Å². The molecule has 0 bridgehead atoms. The first-order valence-electron chi connectivity index (χ1n) is 12.1. The maximum absolute atomic E-state index is 13.2. The molecular weight excluding hydrogens is 568 g/mol. The first-order valence-corrected chi connectivity index (χ1v) is 14.0. The van der Waals surface area contributed by atoms with E-state index in [2.05, 4.69) is 15.5 Å². The molecule has 15 nitrogen and oxygen atoms in total. The van der Waals surface area contributed by atoms with Crippen molar-refractivity contribution in [1.29, 1.82) is 0 Å². The third kappa shape index (κ3) is 5.99. The molecule has 0 saturated carbocycles. The summed E-state index contributed by atoms with van der Waals surface area (Å²) in [5.74, 6) is -2.91. The summed E-state index contributed by atoms with van der Waals surface area (Å²) in [6.07, 6.45) is 0.324. The Balaban J connectivity index is 1.48. The highest BCUT2D eigenvalue weighted by Crippen LogP contribution is 2.41. The maximum Gasteiger partial charge on any atom is 0.410 e. The number of nitrogen functional groups attached to an aromatic ring is 1. The molecule has 2 saturated heterocycles. The number of hydrogen-bond acceptors (Lipinski definition) is 14. The Morgan fingerprint density at radius 1 is 1.23 bits per heavy atom. The zero-order valence-corrected chi connectivity index (χ0v) is 23.5. The molecule has 40 heavy (non-hydrogen) atoms. The summed E-state index contributed by atoms with van der Waals surface area (Å²) in [4.78, 5) is 69.9. The van der Waals surface area contributed by atoms with Crippen molar-refractivity contribution in [1.82, 2.24) is 20.1 Å². The van der Waals surface area contributed by atoms with E-state index >= 15 is 0 Å². The van der Waals surface area contributed by atoms with E-state index in [0.29, 0.717) is 18.7 Å². The first kappa shape index (κ1) is 29.1. The second kappa shape index (κ2) is 11.7. The third-order valence-corrected chi connectivity index (χ3v) is 8.10. The van der Waals surface area contributed by atoms with Crippen LogP contribution in [-0.4, -0.2) is 99.2 Å². The first-order chi connectivity index (χ1) is 18.9. The number of ether oxygens (including phenoxy) is 3. The third-order valence-electron chi connectivity index (χ3n) is 6.08. The summed E-state index contributed by atoms with van der Waals surface area (Å²) in [6, 6.07) is -1.07. The molecule has 4 heterocycles. The smallest absolute Gasteiger partial charge is 0.410 e. The van der Waals surface area contributed by atoms with Crippen LogP contribution in [0, 0.1) is 5.41 Å². The molecule has 0 aliphatic carbocycles. The van der Waals surface area contributed by atoms with E-state index in [1.165, 1.54) is 22.0 Å². The van der Waals surface area contributed by atoms with Crippen LogP contribution < -0.4 is 11.1 Å². The summed E-state index contributed by atoms with van der Waals surface area (Å²) in [5, 5.41) is 15.7. The maximum atomic E-state index is 13.2. The van der Waals surface area contributed by atoms with E-state index in [4.69, 9.17) is 19.9 Å². The summed E-state index contributed by atoms with van der Waals surface area (Å²) in [7, 11) is 0. The van der Waals surface area contributed by atoms with Gasteiger partial charge in [0.25, 0.3) is 11.8 Å². The van der Waals surface area contributed by atoms with E-state index in [-0.39, 0.29) is 28.9 Å². The molecule has 3 aliphatic rings. The predicted octanol–water partition coefficient (Wildman–Crippen LogP) is 0.490. The largest absolute Gasteiger partial charge is 0.445 e. The van der Waals surface area contributed by atoms with Gasteiger partial charge >= 0.3 is 18.0 Å². The van der Waals surface area contributed by atoms with E-state index in [1.54, 1.807) is 20.8 Å². The molecule has 216 valence electrons. The SMILES string of the molecule is CC(C)(C)C(=O)OCOC(=O)C1=C(COC(=O)N2CCC2)CS[C@H]2C(NC(=O)/C(=N\O)c3csc(N)n3)C(=O)N12. The number of anilines is 1. The monoisotopic (exact) mass is 596 g/mol. The lowest BCUT2D eigenvalue weighted by Crippen LogP contribution is -2.71. The number of rotatable bonds is 8. The minimum absolute atomic E-state index is 0.0303. The average molecular weight is 597 g/mol. The highest BCUT2D eigenvalue weighted by atomic mass is 32.2. The van der Waals surface area contributed by atoms with E-state index in [1.807, 2.05) is 0 Å². The molecule has 3 amide bonds. The number of carbonyl (C=O) groups excluding carboxylic acids is 5. The molecular formula is C23H28N6O9S2. The molecule has 1 unspecified atom stereocenters. The quantitative estimate of drug-likeness (QED) is 0.0937. The molecule has 1 aromatic heterocycles. The number of carbonyl (C=O) groups is 5. The molecule has 4 N–H and O–H groups in total. The summed E-state index contributed by atoms with van der Waals surface area (Å²) >= 11 is 2.26. The van der Waals surface area contributed by atoms with Crippen LogP contribution in [0.5, 0.6) is 0 Å². The molecule has 17 heteroatoms. The number of likely N-dealkylation sites (tertiary alicyclic amines) is 1. The van der Waals surface area contributed by atoms with Gasteiger partial charge in [0.1, 0.15) is 29.4 Å². The minimum atomic E-state index is -1.07. The number of fused-ring (bicyclic) bond motifs is 1. The van der Waals surface area contributed by atoms with Crippen LogP contribution >= 0.6 is 23.1 Å². The molecule has 0 spiro atoms. The van der Waals surface area contributed by atoms with Crippen molar-refractivity contribution in [3.8, 4) is 0 Å². The fourth-order valence-electron chi connectivity index (χ4n) is 3.76. The van der Waals surface area contributed by atoms with Gasteiger partial charge in [0, 0.05) is 29.8 Å². The van der Waals surface area contributed by atoms with E-state index in [9.17, 15) is 29.2 Å². The Kier molecular flexibility index (Phi) is 8.53. The number of nitrogens with two attached hydrogens (primary N) is 1. The van der Waals surface area contributed by atoms with Crippen LogP contribution in [0.1, 0.15) is 32.9 Å². The zero-order valence-electron chi connectivity index (χ0n) is 21.9.